The normalized spacial score (nSPS) is 8.60. The molecule has 0 bridgehead atoms. The monoisotopic (exact) mass is 144 g/mol. The summed E-state index contributed by atoms with van der Waals surface area (Å²) in [5.41, 5.74) is 0.231. The molecule has 0 N–H and O–H groups in total. The fourth-order valence-corrected chi connectivity index (χ4v) is 0.245. The van der Waals surface area contributed by atoms with Gasteiger partial charge in [0.2, 0.25) is 0 Å². The van der Waals surface area contributed by atoms with Gasteiger partial charge >= 0.3 is 5.97 Å². The van der Waals surface area contributed by atoms with Gasteiger partial charge in [-0.15, -0.1) is 0 Å². The molecule has 0 aromatic carbocycles. The van der Waals surface area contributed by atoms with Gasteiger partial charge in [-0.25, -0.2) is 9.18 Å². The lowest BCUT2D eigenvalue weighted by atomic mass is 10.4. The largest absolute Gasteiger partial charge is 0.426 e. The minimum atomic E-state index is -0.848. The number of esters is 1. The topological polar surface area (TPSA) is 26.3 Å². The fraction of sp³-hybridized carbons (Fsp3) is 0.286. The quantitative estimate of drug-likeness (QED) is 0.341. The Labute approximate surface area is 59.0 Å². The Kier molecular flexibility index (Phi) is 3.39. The second kappa shape index (κ2) is 3.82. The molecular weight excluding hydrogens is 135 g/mol. The summed E-state index contributed by atoms with van der Waals surface area (Å²) in [5, 5.41) is 0. The minimum absolute atomic E-state index is 0.187. The molecule has 0 aromatic heterocycles. The zero-order valence-electron chi connectivity index (χ0n) is 5.82. The third kappa shape index (κ3) is 3.02. The Hall–Kier alpha value is -1.12. The molecule has 0 heterocycles. The molecule has 0 aliphatic rings. The van der Waals surface area contributed by atoms with Crippen LogP contribution in [0.4, 0.5) is 4.39 Å². The van der Waals surface area contributed by atoms with Crippen LogP contribution < -0.4 is 0 Å². The van der Waals surface area contributed by atoms with Gasteiger partial charge in [0.1, 0.15) is 12.4 Å². The highest BCUT2D eigenvalue weighted by Crippen LogP contribution is 1.99. The van der Waals surface area contributed by atoms with Crippen molar-refractivity contribution in [3.8, 4) is 0 Å². The number of carbonyl (C=O) groups excluding carboxylic acids is 1. The first kappa shape index (κ1) is 8.88. The number of hydrogen-bond acceptors (Lipinski definition) is 2. The molecule has 0 aliphatic heterocycles. The molecule has 0 fully saturated rings. The number of alkyl halides is 1. The number of carbonyl (C=O) groups is 1. The van der Waals surface area contributed by atoms with Crippen LogP contribution in [0.5, 0.6) is 0 Å². The second-order valence-electron chi connectivity index (χ2n) is 1.84. The van der Waals surface area contributed by atoms with E-state index in [1.54, 1.807) is 0 Å². The number of allylic oxidation sites excluding steroid dienone is 1. The van der Waals surface area contributed by atoms with Crippen molar-refractivity contribution in [2.75, 3.05) is 6.67 Å². The molecule has 0 unspecified atom stereocenters. The standard InChI is InChI=1S/C7H9FO2/c1-5(2)7(9)10-6(3)4-8/h1,3-4H2,2H3. The first-order valence-corrected chi connectivity index (χ1v) is 2.69. The van der Waals surface area contributed by atoms with Crippen molar-refractivity contribution in [1.82, 2.24) is 0 Å². The van der Waals surface area contributed by atoms with Crippen LogP contribution in [0.1, 0.15) is 6.92 Å². The van der Waals surface area contributed by atoms with Crippen LogP contribution in [-0.4, -0.2) is 12.6 Å². The van der Waals surface area contributed by atoms with Crippen molar-refractivity contribution >= 4 is 5.97 Å². The SMILES string of the molecule is C=C(CF)OC(=O)C(=C)C. The van der Waals surface area contributed by atoms with Gasteiger partial charge in [0, 0.05) is 5.57 Å². The van der Waals surface area contributed by atoms with Crippen LogP contribution in [0, 0.1) is 0 Å². The summed E-state index contributed by atoms with van der Waals surface area (Å²) in [5.74, 6) is -0.823. The summed E-state index contributed by atoms with van der Waals surface area (Å²) in [6, 6.07) is 0. The molecule has 0 aromatic rings. The molecular formula is C7H9FO2. The van der Waals surface area contributed by atoms with E-state index in [-0.39, 0.29) is 11.3 Å². The van der Waals surface area contributed by atoms with Crippen LogP contribution in [-0.2, 0) is 9.53 Å². The van der Waals surface area contributed by atoms with Crippen LogP contribution in [0.15, 0.2) is 24.5 Å². The first-order chi connectivity index (χ1) is 4.57. The summed E-state index contributed by atoms with van der Waals surface area (Å²) in [6.45, 7) is 7.07. The average Bonchev–Trinajstić information content (AvgIpc) is 1.87. The van der Waals surface area contributed by atoms with Gasteiger partial charge < -0.3 is 4.74 Å². The van der Waals surface area contributed by atoms with Crippen molar-refractivity contribution in [3.63, 3.8) is 0 Å². The van der Waals surface area contributed by atoms with E-state index in [1.807, 2.05) is 0 Å². The predicted octanol–water partition coefficient (Wildman–Crippen LogP) is 1.59. The third-order valence-corrected chi connectivity index (χ3v) is 0.735. The molecule has 0 aliphatic carbocycles. The number of hydrogen-bond donors (Lipinski definition) is 0. The van der Waals surface area contributed by atoms with E-state index in [0.717, 1.165) is 0 Å². The lowest BCUT2D eigenvalue weighted by Crippen LogP contribution is -2.04. The third-order valence-electron chi connectivity index (χ3n) is 0.735. The maximum atomic E-state index is 11.6. The predicted molar refractivity (Wildman–Crippen MR) is 36.0 cm³/mol. The van der Waals surface area contributed by atoms with Crippen molar-refractivity contribution < 1.29 is 13.9 Å². The summed E-state index contributed by atoms with van der Waals surface area (Å²) < 4.78 is 16.0. The Balaban J connectivity index is 3.80. The van der Waals surface area contributed by atoms with E-state index in [0.29, 0.717) is 0 Å². The lowest BCUT2D eigenvalue weighted by molar-refractivity contribution is -0.135. The highest BCUT2D eigenvalue weighted by molar-refractivity contribution is 5.87. The maximum absolute atomic E-state index is 11.6. The van der Waals surface area contributed by atoms with Gasteiger partial charge in [0.25, 0.3) is 0 Å². The van der Waals surface area contributed by atoms with Crippen LogP contribution in [0.2, 0.25) is 0 Å². The molecule has 3 heteroatoms. The highest BCUT2D eigenvalue weighted by atomic mass is 19.1. The summed E-state index contributed by atoms with van der Waals surface area (Å²) in [7, 11) is 0. The molecule has 0 spiro atoms. The molecule has 56 valence electrons. The van der Waals surface area contributed by atoms with Crippen molar-refractivity contribution in [1.29, 1.82) is 0 Å². The van der Waals surface area contributed by atoms with Gasteiger partial charge in [-0.05, 0) is 6.92 Å². The Bertz CT molecular complexity index is 172. The van der Waals surface area contributed by atoms with E-state index in [4.69, 9.17) is 0 Å². The van der Waals surface area contributed by atoms with Gasteiger partial charge in [0.05, 0.1) is 0 Å². The van der Waals surface area contributed by atoms with Gasteiger partial charge in [-0.2, -0.15) is 0 Å². The lowest BCUT2D eigenvalue weighted by Gasteiger charge is -2.01. The molecule has 0 saturated carbocycles. The molecule has 0 saturated heterocycles. The van der Waals surface area contributed by atoms with E-state index in [1.165, 1.54) is 6.92 Å². The van der Waals surface area contributed by atoms with E-state index in [2.05, 4.69) is 17.9 Å². The summed E-state index contributed by atoms with van der Waals surface area (Å²) >= 11 is 0. The summed E-state index contributed by atoms with van der Waals surface area (Å²) in [6.07, 6.45) is 0. The van der Waals surface area contributed by atoms with Crippen LogP contribution >= 0.6 is 0 Å². The van der Waals surface area contributed by atoms with Gasteiger partial charge in [0.15, 0.2) is 0 Å². The molecule has 0 atom stereocenters. The molecule has 0 amide bonds. The Morgan fingerprint density at radius 2 is 2.10 bits per heavy atom. The Morgan fingerprint density at radius 1 is 1.60 bits per heavy atom. The first-order valence-electron chi connectivity index (χ1n) is 2.69. The van der Waals surface area contributed by atoms with E-state index in [9.17, 15) is 9.18 Å². The molecule has 10 heavy (non-hydrogen) atoms. The second-order valence-corrected chi connectivity index (χ2v) is 1.84. The van der Waals surface area contributed by atoms with E-state index < -0.39 is 12.6 Å². The highest BCUT2D eigenvalue weighted by Gasteiger charge is 2.04. The van der Waals surface area contributed by atoms with Crippen molar-refractivity contribution in [2.45, 2.75) is 6.92 Å². The van der Waals surface area contributed by atoms with Crippen LogP contribution in [0.25, 0.3) is 0 Å². The maximum Gasteiger partial charge on any atom is 0.338 e. The zero-order valence-corrected chi connectivity index (χ0v) is 5.82. The molecule has 2 nitrogen and oxygen atoms in total. The fourth-order valence-electron chi connectivity index (χ4n) is 0.245. The van der Waals surface area contributed by atoms with Crippen molar-refractivity contribution in [2.24, 2.45) is 0 Å². The van der Waals surface area contributed by atoms with Gasteiger partial charge in [-0.3, -0.25) is 0 Å². The smallest absolute Gasteiger partial charge is 0.338 e. The van der Waals surface area contributed by atoms with Gasteiger partial charge in [-0.1, -0.05) is 13.2 Å². The molecule has 0 radical (unpaired) electrons. The minimum Gasteiger partial charge on any atom is -0.426 e. The molecule has 0 rings (SSSR count). The number of ether oxygens (including phenoxy) is 1. The van der Waals surface area contributed by atoms with Crippen molar-refractivity contribution in [3.05, 3.63) is 24.5 Å². The summed E-state index contributed by atoms with van der Waals surface area (Å²) in [4.78, 5) is 10.6. The van der Waals surface area contributed by atoms with Crippen LogP contribution in [0.3, 0.4) is 0 Å². The Morgan fingerprint density at radius 3 is 2.40 bits per heavy atom. The number of halogens is 1. The van der Waals surface area contributed by atoms with E-state index >= 15 is 0 Å². The zero-order chi connectivity index (χ0) is 8.15. The number of rotatable bonds is 3. The average molecular weight is 144 g/mol.